The molecule has 0 spiro atoms. The van der Waals surface area contributed by atoms with Gasteiger partial charge in [0.15, 0.2) is 0 Å². The van der Waals surface area contributed by atoms with Crippen molar-refractivity contribution in [3.8, 4) is 0 Å². The van der Waals surface area contributed by atoms with E-state index in [2.05, 4.69) is 0 Å². The van der Waals surface area contributed by atoms with Crippen LogP contribution in [0.2, 0.25) is 0 Å². The third-order valence-electron chi connectivity index (χ3n) is 1.99. The highest BCUT2D eigenvalue weighted by Gasteiger charge is 2.23. The lowest BCUT2D eigenvalue weighted by atomic mass is 10.1. The minimum atomic E-state index is -1.29. The zero-order valence-corrected chi connectivity index (χ0v) is 8.86. The topological polar surface area (TPSA) is 98.0 Å². The van der Waals surface area contributed by atoms with Gasteiger partial charge in [-0.25, -0.2) is 4.79 Å². The SMILES string of the molecule is Cc1cc(C(=O)O)sc1C(O)C(O)CO. The lowest BCUT2D eigenvalue weighted by molar-refractivity contribution is -0.0137. The Hall–Kier alpha value is -0.950. The first-order chi connectivity index (χ1) is 6.97. The van der Waals surface area contributed by atoms with Crippen LogP contribution in [0, 0.1) is 6.92 Å². The van der Waals surface area contributed by atoms with Crippen molar-refractivity contribution in [2.75, 3.05) is 6.61 Å². The quantitative estimate of drug-likeness (QED) is 0.592. The first-order valence-corrected chi connectivity index (χ1v) is 5.09. The minimum absolute atomic E-state index is 0.103. The molecule has 0 aromatic carbocycles. The van der Waals surface area contributed by atoms with Gasteiger partial charge in [0.05, 0.1) is 6.61 Å². The fourth-order valence-electron chi connectivity index (χ4n) is 1.17. The normalized spacial score (nSPS) is 14.9. The standard InChI is InChI=1S/C9H12O5S/c1-4-2-6(9(13)14)15-8(4)7(12)5(11)3-10/h2,5,7,10-12H,3H2,1H3,(H,13,14). The van der Waals surface area contributed by atoms with Gasteiger partial charge in [-0.2, -0.15) is 0 Å². The van der Waals surface area contributed by atoms with Crippen molar-refractivity contribution >= 4 is 17.3 Å². The summed E-state index contributed by atoms with van der Waals surface area (Å²) < 4.78 is 0. The van der Waals surface area contributed by atoms with Crippen LogP contribution in [0.3, 0.4) is 0 Å². The van der Waals surface area contributed by atoms with E-state index in [-0.39, 0.29) is 4.88 Å². The van der Waals surface area contributed by atoms with Crippen LogP contribution in [0.25, 0.3) is 0 Å². The molecule has 0 saturated heterocycles. The Balaban J connectivity index is 2.99. The summed E-state index contributed by atoms with van der Waals surface area (Å²) >= 11 is 0.899. The number of rotatable bonds is 4. The molecule has 0 aliphatic heterocycles. The molecular formula is C9H12O5S. The first-order valence-electron chi connectivity index (χ1n) is 4.28. The Morgan fingerprint density at radius 2 is 2.13 bits per heavy atom. The van der Waals surface area contributed by atoms with Crippen molar-refractivity contribution in [1.82, 2.24) is 0 Å². The van der Waals surface area contributed by atoms with Gasteiger partial charge in [0, 0.05) is 4.88 Å². The van der Waals surface area contributed by atoms with Crippen LogP contribution in [0.4, 0.5) is 0 Å². The van der Waals surface area contributed by atoms with Crippen LogP contribution in [0.1, 0.15) is 26.2 Å². The molecule has 1 aromatic rings. The molecule has 0 radical (unpaired) electrons. The van der Waals surface area contributed by atoms with Crippen molar-refractivity contribution in [3.63, 3.8) is 0 Å². The van der Waals surface area contributed by atoms with Crippen LogP contribution in [-0.2, 0) is 0 Å². The van der Waals surface area contributed by atoms with Gasteiger partial charge >= 0.3 is 5.97 Å². The van der Waals surface area contributed by atoms with Crippen LogP contribution in [-0.4, -0.2) is 39.1 Å². The lowest BCUT2D eigenvalue weighted by Crippen LogP contribution is -2.21. The summed E-state index contributed by atoms with van der Waals surface area (Å²) in [6.07, 6.45) is -2.53. The average Bonchev–Trinajstić information content (AvgIpc) is 2.58. The molecule has 0 aliphatic carbocycles. The van der Waals surface area contributed by atoms with Crippen LogP contribution < -0.4 is 0 Å². The smallest absolute Gasteiger partial charge is 0.345 e. The van der Waals surface area contributed by atoms with E-state index in [4.69, 9.17) is 10.2 Å². The summed E-state index contributed by atoms with van der Waals surface area (Å²) in [5.41, 5.74) is 0.595. The summed E-state index contributed by atoms with van der Waals surface area (Å²) in [7, 11) is 0. The zero-order valence-electron chi connectivity index (χ0n) is 8.04. The number of hydrogen-bond donors (Lipinski definition) is 4. The van der Waals surface area contributed by atoms with Gasteiger partial charge in [-0.1, -0.05) is 0 Å². The number of thiophene rings is 1. The van der Waals surface area contributed by atoms with E-state index in [1.165, 1.54) is 6.07 Å². The number of aliphatic hydroxyl groups excluding tert-OH is 3. The monoisotopic (exact) mass is 232 g/mol. The van der Waals surface area contributed by atoms with Gasteiger partial charge in [0.25, 0.3) is 0 Å². The van der Waals surface area contributed by atoms with Crippen LogP contribution in [0.15, 0.2) is 6.07 Å². The molecule has 4 N–H and O–H groups in total. The number of aromatic carboxylic acids is 1. The second-order valence-corrected chi connectivity index (χ2v) is 4.24. The predicted molar refractivity (Wildman–Crippen MR) is 54.1 cm³/mol. The van der Waals surface area contributed by atoms with E-state index >= 15 is 0 Å². The average molecular weight is 232 g/mol. The van der Waals surface area contributed by atoms with Crippen LogP contribution in [0.5, 0.6) is 0 Å². The highest BCUT2D eigenvalue weighted by Crippen LogP contribution is 2.29. The molecule has 0 saturated carbocycles. The molecular weight excluding hydrogens is 220 g/mol. The maximum absolute atomic E-state index is 10.6. The van der Waals surface area contributed by atoms with Crippen molar-refractivity contribution in [2.24, 2.45) is 0 Å². The molecule has 0 aliphatic rings. The number of aliphatic hydroxyl groups is 3. The summed E-state index contributed by atoms with van der Waals surface area (Å²) in [6.45, 7) is 1.08. The number of hydrogen-bond acceptors (Lipinski definition) is 5. The van der Waals surface area contributed by atoms with Crippen molar-refractivity contribution in [2.45, 2.75) is 19.1 Å². The Labute approximate surface area is 90.2 Å². The van der Waals surface area contributed by atoms with E-state index in [1.54, 1.807) is 6.92 Å². The molecule has 2 unspecified atom stereocenters. The summed E-state index contributed by atoms with van der Waals surface area (Å²) in [6, 6.07) is 1.43. The van der Waals surface area contributed by atoms with Gasteiger partial charge in [0.2, 0.25) is 0 Å². The molecule has 1 aromatic heterocycles. The van der Waals surface area contributed by atoms with Gasteiger partial charge in [-0.3, -0.25) is 0 Å². The second-order valence-electron chi connectivity index (χ2n) is 3.16. The lowest BCUT2D eigenvalue weighted by Gasteiger charge is -2.14. The number of aryl methyl sites for hydroxylation is 1. The second kappa shape index (κ2) is 4.71. The van der Waals surface area contributed by atoms with Crippen molar-refractivity contribution < 1.29 is 25.2 Å². The molecule has 84 valence electrons. The Bertz CT molecular complexity index is 359. The van der Waals surface area contributed by atoms with Gasteiger partial charge in [-0.15, -0.1) is 11.3 Å². The Morgan fingerprint density at radius 1 is 1.53 bits per heavy atom. The van der Waals surface area contributed by atoms with Gasteiger partial charge in [-0.05, 0) is 18.6 Å². The Morgan fingerprint density at radius 3 is 2.53 bits per heavy atom. The van der Waals surface area contributed by atoms with E-state index in [9.17, 15) is 15.0 Å². The number of carbonyl (C=O) groups is 1. The van der Waals surface area contributed by atoms with Crippen LogP contribution >= 0.6 is 11.3 Å². The van der Waals surface area contributed by atoms with E-state index in [0.717, 1.165) is 11.3 Å². The molecule has 2 atom stereocenters. The fraction of sp³-hybridized carbons (Fsp3) is 0.444. The maximum atomic E-state index is 10.6. The third kappa shape index (κ3) is 2.54. The van der Waals surface area contributed by atoms with Gasteiger partial charge in [0.1, 0.15) is 17.1 Å². The number of carboxylic acid groups (broad SMARTS) is 1. The Kier molecular flexibility index (Phi) is 3.81. The minimum Gasteiger partial charge on any atom is -0.477 e. The molecule has 0 bridgehead atoms. The highest BCUT2D eigenvalue weighted by atomic mass is 32.1. The number of carboxylic acids is 1. The van der Waals surface area contributed by atoms with Crippen molar-refractivity contribution in [3.05, 3.63) is 21.4 Å². The third-order valence-corrected chi connectivity index (χ3v) is 3.28. The van der Waals surface area contributed by atoms with E-state index in [1.807, 2.05) is 0 Å². The molecule has 6 heteroatoms. The zero-order chi connectivity index (χ0) is 11.6. The molecule has 15 heavy (non-hydrogen) atoms. The summed E-state index contributed by atoms with van der Waals surface area (Å²) in [5, 5.41) is 36.2. The molecule has 0 amide bonds. The summed E-state index contributed by atoms with van der Waals surface area (Å²) in [4.78, 5) is 11.1. The molecule has 1 heterocycles. The van der Waals surface area contributed by atoms with E-state index in [0.29, 0.717) is 10.4 Å². The fourth-order valence-corrected chi connectivity index (χ4v) is 2.23. The molecule has 0 fully saturated rings. The predicted octanol–water partition coefficient (Wildman–Crippen LogP) is 0.141. The van der Waals surface area contributed by atoms with E-state index < -0.39 is 24.8 Å². The largest absolute Gasteiger partial charge is 0.477 e. The summed E-state index contributed by atoms with van der Waals surface area (Å²) in [5.74, 6) is -1.07. The molecule has 1 rings (SSSR count). The van der Waals surface area contributed by atoms with Gasteiger partial charge < -0.3 is 20.4 Å². The maximum Gasteiger partial charge on any atom is 0.345 e. The first kappa shape index (κ1) is 12.1. The highest BCUT2D eigenvalue weighted by molar-refractivity contribution is 7.14. The van der Waals surface area contributed by atoms with Crippen molar-refractivity contribution in [1.29, 1.82) is 0 Å². The molecule has 5 nitrogen and oxygen atoms in total.